The second-order valence-electron chi connectivity index (χ2n) is 7.68. The maximum absolute atomic E-state index is 10.5. The number of phenolic OH excluding ortho intramolecular Hbond substituents is 1. The highest BCUT2D eigenvalue weighted by molar-refractivity contribution is 5.69. The van der Waals surface area contributed by atoms with Gasteiger partial charge < -0.3 is 14.6 Å². The first-order chi connectivity index (χ1) is 14.3. The van der Waals surface area contributed by atoms with Crippen LogP contribution in [0.25, 0.3) is 11.1 Å². The third-order valence-corrected chi connectivity index (χ3v) is 5.84. The smallest absolute Gasteiger partial charge is 0.231 e. The molecule has 0 bridgehead atoms. The van der Waals surface area contributed by atoms with Gasteiger partial charge in [-0.1, -0.05) is 24.6 Å². The van der Waals surface area contributed by atoms with Crippen LogP contribution in [0.1, 0.15) is 36.4 Å². The summed E-state index contributed by atoms with van der Waals surface area (Å²) in [4.78, 5) is 6.76. The summed E-state index contributed by atoms with van der Waals surface area (Å²) in [7, 11) is 0. The normalized spacial score (nSPS) is 18.7. The summed E-state index contributed by atoms with van der Waals surface area (Å²) in [5.74, 6) is 1.88. The van der Waals surface area contributed by atoms with Crippen molar-refractivity contribution >= 4 is 0 Å². The Labute approximate surface area is 170 Å². The van der Waals surface area contributed by atoms with Gasteiger partial charge in [0.2, 0.25) is 6.79 Å². The molecule has 1 fully saturated rings. The minimum Gasteiger partial charge on any atom is -0.508 e. The number of pyridine rings is 1. The van der Waals surface area contributed by atoms with E-state index in [4.69, 9.17) is 9.47 Å². The van der Waals surface area contributed by atoms with E-state index in [1.165, 1.54) is 18.4 Å². The Balaban J connectivity index is 1.43. The number of hydrogen-bond donors (Lipinski definition) is 1. The van der Waals surface area contributed by atoms with Crippen LogP contribution in [0.2, 0.25) is 0 Å². The van der Waals surface area contributed by atoms with Crippen molar-refractivity contribution in [1.29, 1.82) is 0 Å². The van der Waals surface area contributed by atoms with Gasteiger partial charge in [0.05, 0.1) is 0 Å². The summed E-state index contributed by atoms with van der Waals surface area (Å²) in [5.41, 5.74) is 4.30. The van der Waals surface area contributed by atoms with Crippen molar-refractivity contribution in [2.24, 2.45) is 0 Å². The molecule has 5 heteroatoms. The molecule has 2 aliphatic heterocycles. The fourth-order valence-electron chi connectivity index (χ4n) is 4.32. The highest BCUT2D eigenvalue weighted by atomic mass is 16.7. The topological polar surface area (TPSA) is 54.8 Å². The molecule has 1 aromatic heterocycles. The number of phenols is 1. The molecule has 29 heavy (non-hydrogen) atoms. The standard InChI is InChI=1S/C24H24N2O3/c27-22-8-6-17(18-7-9-23-24(13-18)29-16-28-23)12-20(22)15-26-11-2-1-5-21(26)19-4-3-10-25-14-19/h3-4,6-10,12-14,21,27H,1-2,5,11,15-16H2. The zero-order chi connectivity index (χ0) is 19.6. The molecule has 0 spiro atoms. The number of rotatable bonds is 4. The van der Waals surface area contributed by atoms with Crippen LogP contribution in [0.3, 0.4) is 0 Å². The Kier molecular flexibility index (Phi) is 4.82. The Morgan fingerprint density at radius 1 is 1.00 bits per heavy atom. The first kappa shape index (κ1) is 18.0. The fourth-order valence-corrected chi connectivity index (χ4v) is 4.32. The van der Waals surface area contributed by atoms with Gasteiger partial charge in [0, 0.05) is 30.5 Å². The monoisotopic (exact) mass is 388 g/mol. The van der Waals surface area contributed by atoms with Gasteiger partial charge in [-0.05, 0) is 66.4 Å². The molecular weight excluding hydrogens is 364 g/mol. The molecular formula is C24H24N2O3. The van der Waals surface area contributed by atoms with Gasteiger partial charge in [-0.3, -0.25) is 9.88 Å². The molecule has 2 aromatic carbocycles. The van der Waals surface area contributed by atoms with Crippen molar-refractivity contribution in [2.75, 3.05) is 13.3 Å². The maximum atomic E-state index is 10.5. The van der Waals surface area contributed by atoms with Gasteiger partial charge in [0.15, 0.2) is 11.5 Å². The number of aromatic hydroxyl groups is 1. The van der Waals surface area contributed by atoms with Crippen LogP contribution in [0.5, 0.6) is 17.2 Å². The fraction of sp³-hybridized carbons (Fsp3) is 0.292. The first-order valence-corrected chi connectivity index (χ1v) is 10.1. The summed E-state index contributed by atoms with van der Waals surface area (Å²) in [5, 5.41) is 10.5. The van der Waals surface area contributed by atoms with Crippen molar-refractivity contribution in [3.63, 3.8) is 0 Å². The second-order valence-corrected chi connectivity index (χ2v) is 7.68. The molecule has 1 unspecified atom stereocenters. The molecule has 3 heterocycles. The van der Waals surface area contributed by atoms with Gasteiger partial charge in [0.1, 0.15) is 5.75 Å². The largest absolute Gasteiger partial charge is 0.508 e. The minimum atomic E-state index is 0.268. The van der Waals surface area contributed by atoms with E-state index in [0.717, 1.165) is 41.2 Å². The SMILES string of the molecule is Oc1ccc(-c2ccc3c(c2)OCO3)cc1CN1CCCCC1c1cccnc1. The Morgan fingerprint density at radius 3 is 2.76 bits per heavy atom. The predicted octanol–water partition coefficient (Wildman–Crippen LogP) is 4.91. The van der Waals surface area contributed by atoms with Gasteiger partial charge >= 0.3 is 0 Å². The summed E-state index contributed by atoms with van der Waals surface area (Å²) >= 11 is 0. The number of hydrogen-bond acceptors (Lipinski definition) is 5. The van der Waals surface area contributed by atoms with Gasteiger partial charge in [-0.2, -0.15) is 0 Å². The lowest BCUT2D eigenvalue weighted by atomic mass is 9.95. The van der Waals surface area contributed by atoms with Crippen LogP contribution >= 0.6 is 0 Å². The van der Waals surface area contributed by atoms with Crippen molar-refractivity contribution in [3.05, 3.63) is 72.1 Å². The number of benzene rings is 2. The molecule has 5 rings (SSSR count). The van der Waals surface area contributed by atoms with Crippen LogP contribution in [0, 0.1) is 0 Å². The van der Waals surface area contributed by atoms with E-state index in [0.29, 0.717) is 18.3 Å². The highest BCUT2D eigenvalue weighted by Crippen LogP contribution is 2.38. The second kappa shape index (κ2) is 7.76. The zero-order valence-electron chi connectivity index (χ0n) is 16.3. The van der Waals surface area contributed by atoms with Gasteiger partial charge in [0.25, 0.3) is 0 Å². The number of fused-ring (bicyclic) bond motifs is 1. The van der Waals surface area contributed by atoms with Crippen LogP contribution in [0.4, 0.5) is 0 Å². The van der Waals surface area contributed by atoms with E-state index in [2.05, 4.69) is 22.0 Å². The van der Waals surface area contributed by atoms with Crippen molar-refractivity contribution in [3.8, 4) is 28.4 Å². The van der Waals surface area contributed by atoms with Crippen LogP contribution in [0.15, 0.2) is 60.9 Å². The third-order valence-electron chi connectivity index (χ3n) is 5.84. The first-order valence-electron chi connectivity index (χ1n) is 10.1. The number of likely N-dealkylation sites (tertiary alicyclic amines) is 1. The zero-order valence-corrected chi connectivity index (χ0v) is 16.3. The van der Waals surface area contributed by atoms with E-state index in [1.54, 1.807) is 6.07 Å². The summed E-state index contributed by atoms with van der Waals surface area (Å²) in [6.07, 6.45) is 7.30. The maximum Gasteiger partial charge on any atom is 0.231 e. The number of aromatic nitrogens is 1. The summed E-state index contributed by atoms with van der Waals surface area (Å²) in [6, 6.07) is 16.3. The van der Waals surface area contributed by atoms with Crippen molar-refractivity contribution < 1.29 is 14.6 Å². The molecule has 148 valence electrons. The molecule has 5 nitrogen and oxygen atoms in total. The molecule has 0 saturated carbocycles. The minimum absolute atomic E-state index is 0.268. The quantitative estimate of drug-likeness (QED) is 0.688. The molecule has 2 aliphatic rings. The molecule has 0 radical (unpaired) electrons. The molecule has 0 amide bonds. The van der Waals surface area contributed by atoms with Crippen molar-refractivity contribution in [2.45, 2.75) is 31.8 Å². The number of nitrogens with zero attached hydrogens (tertiary/aromatic N) is 2. The predicted molar refractivity (Wildman–Crippen MR) is 111 cm³/mol. The lowest BCUT2D eigenvalue weighted by Crippen LogP contribution is -2.33. The van der Waals surface area contributed by atoms with E-state index in [9.17, 15) is 5.11 Å². The molecule has 3 aromatic rings. The highest BCUT2D eigenvalue weighted by Gasteiger charge is 2.25. The van der Waals surface area contributed by atoms with E-state index >= 15 is 0 Å². The molecule has 0 aliphatic carbocycles. The van der Waals surface area contributed by atoms with Gasteiger partial charge in [-0.15, -0.1) is 0 Å². The summed E-state index contributed by atoms with van der Waals surface area (Å²) in [6.45, 7) is 2.00. The Hall–Kier alpha value is -3.05. The lowest BCUT2D eigenvalue weighted by molar-refractivity contribution is 0.139. The van der Waals surface area contributed by atoms with E-state index in [1.807, 2.05) is 42.7 Å². The van der Waals surface area contributed by atoms with Crippen LogP contribution in [-0.4, -0.2) is 28.3 Å². The molecule has 1 N–H and O–H groups in total. The van der Waals surface area contributed by atoms with E-state index < -0.39 is 0 Å². The summed E-state index contributed by atoms with van der Waals surface area (Å²) < 4.78 is 10.9. The van der Waals surface area contributed by atoms with Crippen LogP contribution in [-0.2, 0) is 6.54 Å². The average Bonchev–Trinajstić information content (AvgIpc) is 3.24. The Bertz CT molecular complexity index is 1010. The van der Waals surface area contributed by atoms with Crippen molar-refractivity contribution in [1.82, 2.24) is 9.88 Å². The number of piperidine rings is 1. The third kappa shape index (κ3) is 3.66. The molecule has 1 saturated heterocycles. The molecule has 1 atom stereocenters. The van der Waals surface area contributed by atoms with Gasteiger partial charge in [-0.25, -0.2) is 0 Å². The average molecular weight is 388 g/mol. The number of ether oxygens (including phenoxy) is 2. The Morgan fingerprint density at radius 2 is 1.86 bits per heavy atom. The van der Waals surface area contributed by atoms with Crippen LogP contribution < -0.4 is 9.47 Å². The lowest BCUT2D eigenvalue weighted by Gasteiger charge is -2.36. The van der Waals surface area contributed by atoms with E-state index in [-0.39, 0.29) is 6.79 Å².